The predicted octanol–water partition coefficient (Wildman–Crippen LogP) is 0.850. The standard InChI is InChI=1S/C11H21N3O/c1-9(2)10(8-12)7-11(15)13-5-6-14(3)4/h9-10H,5-7H2,1-4H3,(H,13,15). The Bertz CT molecular complexity index is 230. The Hall–Kier alpha value is -1.08. The molecule has 0 heterocycles. The second kappa shape index (κ2) is 7.24. The number of hydrogen-bond acceptors (Lipinski definition) is 3. The molecule has 0 aromatic carbocycles. The van der Waals surface area contributed by atoms with Gasteiger partial charge in [-0.05, 0) is 20.0 Å². The van der Waals surface area contributed by atoms with E-state index >= 15 is 0 Å². The van der Waals surface area contributed by atoms with Crippen LogP contribution in [0.5, 0.6) is 0 Å². The molecule has 0 bridgehead atoms. The number of amides is 1. The second-order valence-corrected chi connectivity index (χ2v) is 4.34. The number of nitrogens with one attached hydrogen (secondary N) is 1. The van der Waals surface area contributed by atoms with Gasteiger partial charge in [-0.2, -0.15) is 5.26 Å². The molecule has 0 radical (unpaired) electrons. The number of carbonyl (C=O) groups excluding carboxylic acids is 1. The summed E-state index contributed by atoms with van der Waals surface area (Å²) in [4.78, 5) is 13.4. The largest absolute Gasteiger partial charge is 0.355 e. The van der Waals surface area contributed by atoms with Crippen molar-refractivity contribution < 1.29 is 4.79 Å². The van der Waals surface area contributed by atoms with Crippen molar-refractivity contribution in [2.24, 2.45) is 11.8 Å². The Balaban J connectivity index is 3.78. The second-order valence-electron chi connectivity index (χ2n) is 4.34. The minimum atomic E-state index is -0.177. The Labute approximate surface area is 92.3 Å². The van der Waals surface area contributed by atoms with E-state index in [-0.39, 0.29) is 17.7 Å². The first-order valence-corrected chi connectivity index (χ1v) is 5.28. The molecule has 0 aliphatic heterocycles. The van der Waals surface area contributed by atoms with E-state index in [9.17, 15) is 4.79 Å². The van der Waals surface area contributed by atoms with Crippen molar-refractivity contribution in [3.05, 3.63) is 0 Å². The van der Waals surface area contributed by atoms with E-state index in [1.807, 2.05) is 32.8 Å². The van der Waals surface area contributed by atoms with Crippen LogP contribution in [0.25, 0.3) is 0 Å². The Morgan fingerprint density at radius 1 is 1.47 bits per heavy atom. The van der Waals surface area contributed by atoms with E-state index in [4.69, 9.17) is 5.26 Å². The van der Waals surface area contributed by atoms with Crippen LogP contribution in [-0.2, 0) is 4.79 Å². The fourth-order valence-corrected chi connectivity index (χ4v) is 1.12. The highest BCUT2D eigenvalue weighted by Crippen LogP contribution is 2.13. The fraction of sp³-hybridized carbons (Fsp3) is 0.818. The van der Waals surface area contributed by atoms with Gasteiger partial charge in [-0.25, -0.2) is 0 Å². The highest BCUT2D eigenvalue weighted by Gasteiger charge is 2.16. The van der Waals surface area contributed by atoms with Crippen LogP contribution in [0.1, 0.15) is 20.3 Å². The molecule has 1 unspecified atom stereocenters. The van der Waals surface area contributed by atoms with E-state index < -0.39 is 0 Å². The molecule has 0 saturated carbocycles. The third-order valence-corrected chi connectivity index (χ3v) is 2.26. The van der Waals surface area contributed by atoms with Crippen molar-refractivity contribution >= 4 is 5.91 Å². The van der Waals surface area contributed by atoms with Gasteiger partial charge in [-0.1, -0.05) is 13.8 Å². The molecule has 0 rings (SSSR count). The van der Waals surface area contributed by atoms with Gasteiger partial charge in [0.25, 0.3) is 0 Å². The van der Waals surface area contributed by atoms with Gasteiger partial charge >= 0.3 is 0 Å². The number of likely N-dealkylation sites (N-methyl/N-ethyl adjacent to an activating group) is 1. The number of rotatable bonds is 6. The number of nitrogens with zero attached hydrogens (tertiary/aromatic N) is 2. The van der Waals surface area contributed by atoms with E-state index in [1.165, 1.54) is 0 Å². The molecule has 15 heavy (non-hydrogen) atoms. The van der Waals surface area contributed by atoms with Crippen LogP contribution in [0, 0.1) is 23.2 Å². The monoisotopic (exact) mass is 211 g/mol. The molecule has 86 valence electrons. The maximum atomic E-state index is 11.4. The van der Waals surface area contributed by atoms with Crippen LogP contribution in [0.2, 0.25) is 0 Å². The van der Waals surface area contributed by atoms with E-state index in [0.29, 0.717) is 13.0 Å². The third-order valence-electron chi connectivity index (χ3n) is 2.26. The van der Waals surface area contributed by atoms with Crippen molar-refractivity contribution in [3.8, 4) is 6.07 Å². The summed E-state index contributed by atoms with van der Waals surface area (Å²) < 4.78 is 0. The van der Waals surface area contributed by atoms with Crippen LogP contribution in [0.3, 0.4) is 0 Å². The van der Waals surface area contributed by atoms with E-state index in [2.05, 4.69) is 11.4 Å². The summed E-state index contributed by atoms with van der Waals surface area (Å²) in [6.45, 7) is 5.38. The molecular weight excluding hydrogens is 190 g/mol. The minimum Gasteiger partial charge on any atom is -0.355 e. The average Bonchev–Trinajstić information content (AvgIpc) is 2.13. The Morgan fingerprint density at radius 2 is 2.07 bits per heavy atom. The van der Waals surface area contributed by atoms with Gasteiger partial charge in [0.05, 0.1) is 12.0 Å². The van der Waals surface area contributed by atoms with E-state index in [0.717, 1.165) is 6.54 Å². The maximum absolute atomic E-state index is 11.4. The summed E-state index contributed by atoms with van der Waals surface area (Å²) >= 11 is 0. The molecule has 1 atom stereocenters. The fourth-order valence-electron chi connectivity index (χ4n) is 1.12. The van der Waals surface area contributed by atoms with Gasteiger partial charge in [0.15, 0.2) is 0 Å². The first-order valence-electron chi connectivity index (χ1n) is 5.28. The zero-order chi connectivity index (χ0) is 11.8. The number of carbonyl (C=O) groups is 1. The highest BCUT2D eigenvalue weighted by molar-refractivity contribution is 5.76. The van der Waals surface area contributed by atoms with Crippen LogP contribution >= 0.6 is 0 Å². The smallest absolute Gasteiger partial charge is 0.221 e. The van der Waals surface area contributed by atoms with Crippen molar-refractivity contribution in [2.45, 2.75) is 20.3 Å². The summed E-state index contributed by atoms with van der Waals surface area (Å²) in [5, 5.41) is 11.6. The molecule has 0 aromatic heterocycles. The number of hydrogen-bond donors (Lipinski definition) is 1. The van der Waals surface area contributed by atoms with Gasteiger partial charge < -0.3 is 10.2 Å². The summed E-state index contributed by atoms with van der Waals surface area (Å²) in [6.07, 6.45) is 0.307. The highest BCUT2D eigenvalue weighted by atomic mass is 16.1. The van der Waals surface area contributed by atoms with Gasteiger partial charge in [0.1, 0.15) is 0 Å². The quantitative estimate of drug-likeness (QED) is 0.708. The van der Waals surface area contributed by atoms with Crippen LogP contribution in [0.15, 0.2) is 0 Å². The molecule has 0 spiro atoms. The molecule has 0 fully saturated rings. The molecule has 1 amide bonds. The van der Waals surface area contributed by atoms with Gasteiger partial charge in [-0.3, -0.25) is 4.79 Å². The summed E-state index contributed by atoms with van der Waals surface area (Å²) in [6, 6.07) is 2.16. The lowest BCUT2D eigenvalue weighted by Crippen LogP contribution is -2.32. The first kappa shape index (κ1) is 13.9. The third kappa shape index (κ3) is 6.92. The maximum Gasteiger partial charge on any atom is 0.221 e. The SMILES string of the molecule is CC(C)C(C#N)CC(=O)NCCN(C)C. The van der Waals surface area contributed by atoms with Crippen LogP contribution in [-0.4, -0.2) is 38.0 Å². The minimum absolute atomic E-state index is 0.0305. The van der Waals surface area contributed by atoms with Crippen molar-refractivity contribution in [1.29, 1.82) is 5.26 Å². The molecule has 0 saturated heterocycles. The molecule has 4 nitrogen and oxygen atoms in total. The zero-order valence-corrected chi connectivity index (χ0v) is 10.1. The molecular formula is C11H21N3O. The van der Waals surface area contributed by atoms with Gasteiger partial charge in [-0.15, -0.1) is 0 Å². The summed E-state index contributed by atoms with van der Waals surface area (Å²) in [7, 11) is 3.91. The average molecular weight is 211 g/mol. The molecule has 0 aromatic rings. The molecule has 1 N–H and O–H groups in total. The van der Waals surface area contributed by atoms with Gasteiger partial charge in [0.2, 0.25) is 5.91 Å². The topological polar surface area (TPSA) is 56.1 Å². The molecule has 0 aliphatic carbocycles. The lowest BCUT2D eigenvalue weighted by atomic mass is 9.94. The summed E-state index contributed by atoms with van der Waals surface area (Å²) in [5.41, 5.74) is 0. The zero-order valence-electron chi connectivity index (χ0n) is 10.1. The van der Waals surface area contributed by atoms with Crippen molar-refractivity contribution in [1.82, 2.24) is 10.2 Å². The molecule has 0 aliphatic rings. The van der Waals surface area contributed by atoms with Crippen LogP contribution in [0.4, 0.5) is 0 Å². The lowest BCUT2D eigenvalue weighted by Gasteiger charge is -2.14. The van der Waals surface area contributed by atoms with E-state index in [1.54, 1.807) is 0 Å². The Morgan fingerprint density at radius 3 is 2.47 bits per heavy atom. The van der Waals surface area contributed by atoms with Crippen LogP contribution < -0.4 is 5.32 Å². The lowest BCUT2D eigenvalue weighted by molar-refractivity contribution is -0.121. The summed E-state index contributed by atoms with van der Waals surface area (Å²) in [5.74, 6) is 0.0241. The predicted molar refractivity (Wildman–Crippen MR) is 60.1 cm³/mol. The van der Waals surface area contributed by atoms with Crippen molar-refractivity contribution in [3.63, 3.8) is 0 Å². The first-order chi connectivity index (χ1) is 6.97. The molecule has 4 heteroatoms. The van der Waals surface area contributed by atoms with Gasteiger partial charge in [0, 0.05) is 19.5 Å². The number of nitriles is 1. The Kier molecular flexibility index (Phi) is 6.72. The van der Waals surface area contributed by atoms with Crippen molar-refractivity contribution in [2.75, 3.05) is 27.2 Å². The normalized spacial score (nSPS) is 12.6.